The number of hydrogen-bond acceptors (Lipinski definition) is 3. The molecule has 3 heteroatoms. The lowest BCUT2D eigenvalue weighted by atomic mass is 9.88. The summed E-state index contributed by atoms with van der Waals surface area (Å²) in [5.74, 6) is -0.0792. The summed E-state index contributed by atoms with van der Waals surface area (Å²) in [7, 11) is 3.47. The van der Waals surface area contributed by atoms with E-state index < -0.39 is 5.79 Å². The van der Waals surface area contributed by atoms with Gasteiger partial charge in [0.15, 0.2) is 5.79 Å². The van der Waals surface area contributed by atoms with Crippen molar-refractivity contribution in [2.45, 2.75) is 77.4 Å². The van der Waals surface area contributed by atoms with Crippen molar-refractivity contribution in [2.24, 2.45) is 5.92 Å². The van der Waals surface area contributed by atoms with Gasteiger partial charge in [-0.15, -0.1) is 0 Å². The van der Waals surface area contributed by atoms with Crippen molar-refractivity contribution in [1.82, 2.24) is 0 Å². The van der Waals surface area contributed by atoms with Crippen molar-refractivity contribution in [3.05, 3.63) is 12.8 Å². The Balaban J connectivity index is 4.15. The molecule has 0 saturated carbocycles. The molecule has 0 aliphatic heterocycles. The second kappa shape index (κ2) is 13.1. The highest BCUT2D eigenvalue weighted by Gasteiger charge is 2.33. The first kappa shape index (κ1) is 20.5. The van der Waals surface area contributed by atoms with E-state index in [9.17, 15) is 0 Å². The third-order valence-corrected chi connectivity index (χ3v) is 4.39. The fourth-order valence-electron chi connectivity index (χ4n) is 2.75. The van der Waals surface area contributed by atoms with E-state index in [0.29, 0.717) is 5.92 Å². The Hall–Kier alpha value is -0.540. The third-order valence-electron chi connectivity index (χ3n) is 4.39. The predicted octanol–water partition coefficient (Wildman–Crippen LogP) is 5.30. The van der Waals surface area contributed by atoms with Gasteiger partial charge in [-0.3, -0.25) is 0 Å². The average molecular weight is 300 g/mol. The first-order valence-electron chi connectivity index (χ1n) is 8.47. The van der Waals surface area contributed by atoms with E-state index >= 15 is 0 Å². The predicted molar refractivity (Wildman–Crippen MR) is 89.3 cm³/mol. The van der Waals surface area contributed by atoms with Crippen LogP contribution in [-0.4, -0.2) is 26.6 Å². The van der Waals surface area contributed by atoms with Crippen LogP contribution in [0.5, 0.6) is 0 Å². The summed E-state index contributed by atoms with van der Waals surface area (Å²) < 4.78 is 16.5. The third kappa shape index (κ3) is 9.15. The summed E-state index contributed by atoms with van der Waals surface area (Å²) >= 11 is 0. The Kier molecular flexibility index (Phi) is 12.8. The Morgan fingerprint density at radius 2 is 1.52 bits per heavy atom. The first-order chi connectivity index (χ1) is 10.1. The molecule has 126 valence electrons. The SMILES string of the molecule is C=COCCCC(CCCCCCCC)C(C)(OC)OC. The highest BCUT2D eigenvalue weighted by molar-refractivity contribution is 4.75. The van der Waals surface area contributed by atoms with Gasteiger partial charge in [0.1, 0.15) is 0 Å². The largest absolute Gasteiger partial charge is 0.502 e. The van der Waals surface area contributed by atoms with Crippen LogP contribution in [0, 0.1) is 5.92 Å². The molecular weight excluding hydrogens is 264 g/mol. The van der Waals surface area contributed by atoms with Crippen LogP contribution in [0.1, 0.15) is 71.6 Å². The summed E-state index contributed by atoms with van der Waals surface area (Å²) in [5, 5.41) is 0. The fraction of sp³-hybridized carbons (Fsp3) is 0.889. The molecule has 0 saturated heterocycles. The standard InChI is InChI=1S/C18H36O3/c1-6-8-9-10-11-12-14-17(15-13-16-21-7-2)18(3,19-4)20-5/h7,17H,2,6,8-16H2,1,3-5H3. The van der Waals surface area contributed by atoms with Gasteiger partial charge in [0, 0.05) is 20.1 Å². The summed E-state index contributed by atoms with van der Waals surface area (Å²) in [4.78, 5) is 0. The van der Waals surface area contributed by atoms with Gasteiger partial charge in [0.05, 0.1) is 12.9 Å². The van der Waals surface area contributed by atoms with Crippen molar-refractivity contribution in [2.75, 3.05) is 20.8 Å². The van der Waals surface area contributed by atoms with Crippen LogP contribution in [0.2, 0.25) is 0 Å². The molecule has 0 spiro atoms. The molecule has 0 bridgehead atoms. The maximum Gasteiger partial charge on any atom is 0.167 e. The van der Waals surface area contributed by atoms with Crippen LogP contribution >= 0.6 is 0 Å². The van der Waals surface area contributed by atoms with Gasteiger partial charge in [-0.25, -0.2) is 0 Å². The Labute approximate surface area is 132 Å². The second-order valence-corrected chi connectivity index (χ2v) is 5.86. The van der Waals surface area contributed by atoms with E-state index in [4.69, 9.17) is 14.2 Å². The van der Waals surface area contributed by atoms with E-state index in [2.05, 4.69) is 13.5 Å². The highest BCUT2D eigenvalue weighted by Crippen LogP contribution is 2.31. The Bertz CT molecular complexity index is 237. The van der Waals surface area contributed by atoms with E-state index in [1.807, 2.05) is 6.92 Å². The maximum absolute atomic E-state index is 5.62. The van der Waals surface area contributed by atoms with Gasteiger partial charge in [0.2, 0.25) is 0 Å². The van der Waals surface area contributed by atoms with Crippen molar-refractivity contribution in [3.63, 3.8) is 0 Å². The molecule has 0 aromatic heterocycles. The molecule has 3 nitrogen and oxygen atoms in total. The summed E-state index contributed by atoms with van der Waals surface area (Å²) in [5.41, 5.74) is 0. The Morgan fingerprint density at radius 3 is 2.10 bits per heavy atom. The minimum Gasteiger partial charge on any atom is -0.502 e. The molecule has 0 radical (unpaired) electrons. The van der Waals surface area contributed by atoms with Crippen LogP contribution in [-0.2, 0) is 14.2 Å². The zero-order valence-electron chi connectivity index (χ0n) is 14.7. The lowest BCUT2D eigenvalue weighted by molar-refractivity contribution is -0.230. The molecule has 0 aliphatic rings. The maximum atomic E-state index is 5.62. The number of methoxy groups -OCH3 is 2. The highest BCUT2D eigenvalue weighted by atomic mass is 16.7. The molecular formula is C18H36O3. The molecule has 21 heavy (non-hydrogen) atoms. The molecule has 1 unspecified atom stereocenters. The summed E-state index contributed by atoms with van der Waals surface area (Å²) in [6, 6.07) is 0. The molecule has 0 aliphatic carbocycles. The minimum atomic E-state index is -0.488. The van der Waals surface area contributed by atoms with E-state index in [1.54, 1.807) is 14.2 Å². The number of rotatable bonds is 15. The molecule has 0 aromatic rings. The number of hydrogen-bond donors (Lipinski definition) is 0. The van der Waals surface area contributed by atoms with Gasteiger partial charge in [0.25, 0.3) is 0 Å². The van der Waals surface area contributed by atoms with Gasteiger partial charge in [-0.1, -0.05) is 52.0 Å². The molecule has 0 aromatic carbocycles. The molecule has 0 rings (SSSR count). The molecule has 0 fully saturated rings. The number of unbranched alkanes of at least 4 members (excludes halogenated alkanes) is 5. The molecule has 1 atom stereocenters. The van der Waals surface area contributed by atoms with Gasteiger partial charge < -0.3 is 14.2 Å². The average Bonchev–Trinajstić information content (AvgIpc) is 2.51. The van der Waals surface area contributed by atoms with Crippen molar-refractivity contribution >= 4 is 0 Å². The normalized spacial score (nSPS) is 13.1. The molecule has 0 amide bonds. The van der Waals surface area contributed by atoms with Gasteiger partial charge in [-0.05, 0) is 26.2 Å². The zero-order valence-corrected chi connectivity index (χ0v) is 14.7. The molecule has 0 N–H and O–H groups in total. The second-order valence-electron chi connectivity index (χ2n) is 5.86. The fourth-order valence-corrected chi connectivity index (χ4v) is 2.75. The summed E-state index contributed by atoms with van der Waals surface area (Å²) in [6.07, 6.45) is 12.6. The minimum absolute atomic E-state index is 0.409. The van der Waals surface area contributed by atoms with E-state index in [0.717, 1.165) is 25.9 Å². The van der Waals surface area contributed by atoms with Crippen molar-refractivity contribution < 1.29 is 14.2 Å². The van der Waals surface area contributed by atoms with Crippen LogP contribution < -0.4 is 0 Å². The topological polar surface area (TPSA) is 27.7 Å². The van der Waals surface area contributed by atoms with Gasteiger partial charge in [-0.2, -0.15) is 0 Å². The van der Waals surface area contributed by atoms with Crippen molar-refractivity contribution in [3.8, 4) is 0 Å². The molecule has 0 heterocycles. The van der Waals surface area contributed by atoms with E-state index in [-0.39, 0.29) is 0 Å². The smallest absolute Gasteiger partial charge is 0.167 e. The van der Waals surface area contributed by atoms with Gasteiger partial charge >= 0.3 is 0 Å². The summed E-state index contributed by atoms with van der Waals surface area (Å²) in [6.45, 7) is 8.59. The zero-order chi connectivity index (χ0) is 16.0. The van der Waals surface area contributed by atoms with Crippen LogP contribution in [0.4, 0.5) is 0 Å². The Morgan fingerprint density at radius 1 is 0.952 bits per heavy atom. The van der Waals surface area contributed by atoms with Crippen molar-refractivity contribution in [1.29, 1.82) is 0 Å². The monoisotopic (exact) mass is 300 g/mol. The lowest BCUT2D eigenvalue weighted by Gasteiger charge is -2.35. The first-order valence-corrected chi connectivity index (χ1v) is 8.47. The quantitative estimate of drug-likeness (QED) is 0.233. The van der Waals surface area contributed by atoms with Crippen LogP contribution in [0.25, 0.3) is 0 Å². The number of ether oxygens (including phenoxy) is 3. The van der Waals surface area contributed by atoms with Crippen LogP contribution in [0.15, 0.2) is 12.8 Å². The van der Waals surface area contributed by atoms with Crippen LogP contribution in [0.3, 0.4) is 0 Å². The van der Waals surface area contributed by atoms with E-state index in [1.165, 1.54) is 44.8 Å². The lowest BCUT2D eigenvalue weighted by Crippen LogP contribution is -2.39.